The Morgan fingerprint density at radius 2 is 2.00 bits per heavy atom. The molecule has 1 aromatic heterocycles. The van der Waals surface area contributed by atoms with Crippen molar-refractivity contribution in [2.75, 3.05) is 11.5 Å². The first kappa shape index (κ1) is 18.4. The summed E-state index contributed by atoms with van der Waals surface area (Å²) in [5.74, 6) is 0.910. The highest BCUT2D eigenvalue weighted by atomic mass is 19.1. The van der Waals surface area contributed by atoms with Gasteiger partial charge >= 0.3 is 0 Å². The lowest BCUT2D eigenvalue weighted by Gasteiger charge is -2.31. The zero-order valence-corrected chi connectivity index (χ0v) is 16.3. The van der Waals surface area contributed by atoms with Crippen LogP contribution >= 0.6 is 0 Å². The zero-order valence-electron chi connectivity index (χ0n) is 16.3. The minimum Gasteiger partial charge on any atom is -0.491 e. The van der Waals surface area contributed by atoms with Crippen LogP contribution in [0, 0.1) is 24.1 Å². The second kappa shape index (κ2) is 7.55. The lowest BCUT2D eigenvalue weighted by Crippen LogP contribution is -2.29. The number of aryl methyl sites for hydroxylation is 1. The van der Waals surface area contributed by atoms with E-state index in [0.717, 1.165) is 40.8 Å². The smallest absolute Gasteiger partial charge is 0.167 e. The topological polar surface area (TPSA) is 52.0 Å². The molecule has 0 radical (unpaired) electrons. The second-order valence-electron chi connectivity index (χ2n) is 7.33. The molecule has 0 amide bonds. The molecular weight excluding hydrogens is 353 g/mol. The molecule has 1 heterocycles. The van der Waals surface area contributed by atoms with E-state index in [0.29, 0.717) is 18.2 Å². The van der Waals surface area contributed by atoms with Gasteiger partial charge in [-0.15, -0.1) is 0 Å². The number of anilines is 2. The van der Waals surface area contributed by atoms with E-state index < -0.39 is 0 Å². The quantitative estimate of drug-likeness (QED) is 0.596. The lowest BCUT2D eigenvalue weighted by molar-refractivity contribution is 0.321. The Bertz CT molecular complexity index is 1040. The third-order valence-electron chi connectivity index (χ3n) is 5.59. The monoisotopic (exact) mass is 377 g/mol. The maximum absolute atomic E-state index is 14.6. The number of halogens is 1. The molecule has 4 nitrogen and oxygen atoms in total. The van der Waals surface area contributed by atoms with Gasteiger partial charge in [-0.3, -0.25) is 0 Å². The van der Waals surface area contributed by atoms with Gasteiger partial charge in [0.05, 0.1) is 18.2 Å². The Balaban J connectivity index is 1.83. The van der Waals surface area contributed by atoms with Crippen LogP contribution in [0.2, 0.25) is 0 Å². The molecule has 1 aliphatic carbocycles. The van der Waals surface area contributed by atoms with Crippen molar-refractivity contribution in [3.8, 4) is 11.8 Å². The van der Waals surface area contributed by atoms with Crippen molar-refractivity contribution in [1.82, 2.24) is 4.98 Å². The predicted molar refractivity (Wildman–Crippen MR) is 110 cm³/mol. The summed E-state index contributed by atoms with van der Waals surface area (Å²) in [6.45, 7) is 4.36. The van der Waals surface area contributed by atoms with Gasteiger partial charge in [0.2, 0.25) is 0 Å². The molecule has 0 aliphatic heterocycles. The van der Waals surface area contributed by atoms with Crippen molar-refractivity contribution in [1.29, 1.82) is 5.26 Å². The van der Waals surface area contributed by atoms with Crippen molar-refractivity contribution in [3.05, 3.63) is 53.3 Å². The summed E-state index contributed by atoms with van der Waals surface area (Å²) in [6.07, 6.45) is 4.51. The van der Waals surface area contributed by atoms with Crippen LogP contribution in [0.25, 0.3) is 10.9 Å². The highest BCUT2D eigenvalue weighted by Crippen LogP contribution is 2.39. The largest absolute Gasteiger partial charge is 0.491 e. The van der Waals surface area contributed by atoms with Gasteiger partial charge in [-0.25, -0.2) is 4.39 Å². The fourth-order valence-corrected chi connectivity index (χ4v) is 4.23. The first-order valence-corrected chi connectivity index (χ1v) is 9.86. The van der Waals surface area contributed by atoms with Crippen LogP contribution in [0.5, 0.6) is 5.75 Å². The number of H-pyrrole nitrogens is 1. The number of nitrogens with one attached hydrogen (secondary N) is 1. The van der Waals surface area contributed by atoms with Crippen molar-refractivity contribution < 1.29 is 9.13 Å². The van der Waals surface area contributed by atoms with Crippen molar-refractivity contribution >= 4 is 22.4 Å². The van der Waals surface area contributed by atoms with Gasteiger partial charge in [-0.2, -0.15) is 5.26 Å². The summed E-state index contributed by atoms with van der Waals surface area (Å²) in [5.41, 5.74) is 3.49. The minimum absolute atomic E-state index is 0.282. The van der Waals surface area contributed by atoms with E-state index >= 15 is 0 Å². The highest BCUT2D eigenvalue weighted by Gasteiger charge is 2.28. The third kappa shape index (κ3) is 3.20. The van der Waals surface area contributed by atoms with Gasteiger partial charge in [-0.1, -0.05) is 18.9 Å². The van der Waals surface area contributed by atoms with Gasteiger partial charge in [0.1, 0.15) is 5.82 Å². The minimum atomic E-state index is -0.345. The molecule has 1 aliphatic rings. The molecule has 1 N–H and O–H groups in total. The maximum Gasteiger partial charge on any atom is 0.167 e. The number of fused-ring (bicyclic) bond motifs is 1. The summed E-state index contributed by atoms with van der Waals surface area (Å²) in [4.78, 5) is 5.72. The number of nitriles is 1. The summed E-state index contributed by atoms with van der Waals surface area (Å²) < 4.78 is 20.0. The molecule has 0 spiro atoms. The second-order valence-corrected chi connectivity index (χ2v) is 7.33. The number of aromatic nitrogens is 1. The first-order chi connectivity index (χ1) is 13.6. The average molecular weight is 377 g/mol. The van der Waals surface area contributed by atoms with E-state index in [1.165, 1.54) is 12.8 Å². The molecule has 0 atom stereocenters. The number of hydrogen-bond acceptors (Lipinski definition) is 3. The Morgan fingerprint density at radius 3 is 2.68 bits per heavy atom. The Kier molecular flexibility index (Phi) is 4.95. The molecule has 1 saturated carbocycles. The molecule has 28 heavy (non-hydrogen) atoms. The van der Waals surface area contributed by atoms with Crippen molar-refractivity contribution in [2.24, 2.45) is 0 Å². The number of aromatic amines is 1. The average Bonchev–Trinajstić information content (AvgIpc) is 3.33. The summed E-state index contributed by atoms with van der Waals surface area (Å²) in [6, 6.07) is 13.4. The number of nitrogens with zero attached hydrogens (tertiary/aromatic N) is 2. The maximum atomic E-state index is 14.6. The molecule has 1 fully saturated rings. The van der Waals surface area contributed by atoms with Crippen LogP contribution in [-0.4, -0.2) is 17.6 Å². The number of ether oxygens (including phenoxy) is 1. The predicted octanol–water partition coefficient (Wildman–Crippen LogP) is 5.97. The third-order valence-corrected chi connectivity index (χ3v) is 5.59. The van der Waals surface area contributed by atoms with Crippen molar-refractivity contribution in [3.63, 3.8) is 0 Å². The Hall–Kier alpha value is -3.00. The molecule has 0 bridgehead atoms. The van der Waals surface area contributed by atoms with E-state index in [1.807, 2.05) is 31.2 Å². The van der Waals surface area contributed by atoms with E-state index in [4.69, 9.17) is 4.74 Å². The zero-order chi connectivity index (χ0) is 19.7. The van der Waals surface area contributed by atoms with E-state index in [9.17, 15) is 9.65 Å². The normalized spacial score (nSPS) is 14.4. The van der Waals surface area contributed by atoms with Gasteiger partial charge in [0.25, 0.3) is 0 Å². The van der Waals surface area contributed by atoms with Crippen LogP contribution in [0.4, 0.5) is 15.9 Å². The van der Waals surface area contributed by atoms with Crippen LogP contribution in [0.15, 0.2) is 36.4 Å². The van der Waals surface area contributed by atoms with Gasteiger partial charge in [-0.05, 0) is 56.5 Å². The van der Waals surface area contributed by atoms with E-state index in [1.54, 1.807) is 12.1 Å². The van der Waals surface area contributed by atoms with Crippen LogP contribution in [0.1, 0.15) is 43.7 Å². The molecule has 0 saturated heterocycles. The summed E-state index contributed by atoms with van der Waals surface area (Å²) in [7, 11) is 0. The fourth-order valence-electron chi connectivity index (χ4n) is 4.23. The molecule has 2 aromatic carbocycles. The molecule has 3 aromatic rings. The lowest BCUT2D eigenvalue weighted by atomic mass is 10.1. The molecule has 144 valence electrons. The molecule has 4 rings (SSSR count). The highest BCUT2D eigenvalue weighted by molar-refractivity contribution is 5.91. The summed E-state index contributed by atoms with van der Waals surface area (Å²) >= 11 is 0. The SMILES string of the molecule is CCOc1ccc(N(c2[nH]c3cc(C#N)ccc3c2C)C2CCCC2)cc1F. The van der Waals surface area contributed by atoms with Crippen molar-refractivity contribution in [2.45, 2.75) is 45.6 Å². The molecule has 0 unspecified atom stereocenters. The summed E-state index contributed by atoms with van der Waals surface area (Å²) in [5, 5.41) is 10.3. The van der Waals surface area contributed by atoms with Gasteiger partial charge < -0.3 is 14.6 Å². The molecular formula is C23H24FN3O. The number of hydrogen-bond donors (Lipinski definition) is 1. The Labute approximate surface area is 164 Å². The number of rotatable bonds is 5. The first-order valence-electron chi connectivity index (χ1n) is 9.86. The Morgan fingerprint density at radius 1 is 1.21 bits per heavy atom. The van der Waals surface area contributed by atoms with Crippen LogP contribution in [-0.2, 0) is 0 Å². The molecule has 5 heteroatoms. The van der Waals surface area contributed by atoms with Gasteiger partial charge in [0.15, 0.2) is 11.6 Å². The standard InChI is InChI=1S/C23H24FN3O/c1-3-28-22-11-9-18(13-20(22)24)27(17-6-4-5-7-17)23-15(2)19-10-8-16(14-25)12-21(19)26-23/h8-13,17,26H,3-7H2,1-2H3. The van der Waals surface area contributed by atoms with Crippen LogP contribution < -0.4 is 9.64 Å². The van der Waals surface area contributed by atoms with E-state index in [2.05, 4.69) is 22.9 Å². The van der Waals surface area contributed by atoms with E-state index in [-0.39, 0.29) is 11.6 Å². The number of benzene rings is 2. The fraction of sp³-hybridized carbons (Fsp3) is 0.348. The van der Waals surface area contributed by atoms with Crippen LogP contribution in [0.3, 0.4) is 0 Å². The van der Waals surface area contributed by atoms with Gasteiger partial charge in [0, 0.05) is 28.7 Å².